The summed E-state index contributed by atoms with van der Waals surface area (Å²) in [7, 11) is 0. The molecule has 0 radical (unpaired) electrons. The maximum Gasteiger partial charge on any atom is 0.400 e. The summed E-state index contributed by atoms with van der Waals surface area (Å²) in [5.74, 6) is -5.58. The van der Waals surface area contributed by atoms with Crippen molar-refractivity contribution in [2.24, 2.45) is 0 Å². The SMILES string of the molecule is CCOC(=O)C(F)(F)C(=O)C1SCCSC1CC. The first-order valence-electron chi connectivity index (χ1n) is 5.77. The van der Waals surface area contributed by atoms with E-state index in [4.69, 9.17) is 0 Å². The van der Waals surface area contributed by atoms with Crippen molar-refractivity contribution in [3.05, 3.63) is 0 Å². The number of thioether (sulfide) groups is 2. The van der Waals surface area contributed by atoms with Crippen LogP contribution in [0, 0.1) is 0 Å². The Kier molecular flexibility index (Phi) is 5.91. The lowest BCUT2D eigenvalue weighted by atomic mass is 10.1. The van der Waals surface area contributed by atoms with Crippen molar-refractivity contribution in [1.29, 1.82) is 0 Å². The Labute approximate surface area is 113 Å². The van der Waals surface area contributed by atoms with Gasteiger partial charge in [-0.3, -0.25) is 4.79 Å². The highest BCUT2D eigenvalue weighted by atomic mass is 32.2. The van der Waals surface area contributed by atoms with Crippen LogP contribution in [-0.4, -0.2) is 46.3 Å². The van der Waals surface area contributed by atoms with Crippen molar-refractivity contribution in [1.82, 2.24) is 0 Å². The second kappa shape index (κ2) is 6.75. The summed E-state index contributed by atoms with van der Waals surface area (Å²) in [6.07, 6.45) is 0.632. The Morgan fingerprint density at radius 2 is 1.89 bits per heavy atom. The van der Waals surface area contributed by atoms with E-state index in [1.54, 1.807) is 0 Å². The van der Waals surface area contributed by atoms with E-state index in [-0.39, 0.29) is 11.9 Å². The molecule has 0 bridgehead atoms. The van der Waals surface area contributed by atoms with Crippen LogP contribution in [0.2, 0.25) is 0 Å². The lowest BCUT2D eigenvalue weighted by Gasteiger charge is -2.30. The molecule has 1 aliphatic rings. The second-order valence-electron chi connectivity index (χ2n) is 3.77. The zero-order chi connectivity index (χ0) is 13.8. The minimum atomic E-state index is -4.03. The van der Waals surface area contributed by atoms with Gasteiger partial charge in [-0.2, -0.15) is 20.5 Å². The molecule has 7 heteroatoms. The summed E-state index contributed by atoms with van der Waals surface area (Å²) in [4.78, 5) is 23.0. The van der Waals surface area contributed by atoms with E-state index in [2.05, 4.69) is 4.74 Å². The van der Waals surface area contributed by atoms with Gasteiger partial charge in [0.15, 0.2) is 0 Å². The maximum absolute atomic E-state index is 13.6. The van der Waals surface area contributed by atoms with E-state index in [1.807, 2.05) is 6.92 Å². The summed E-state index contributed by atoms with van der Waals surface area (Å²) >= 11 is 2.72. The molecule has 2 atom stereocenters. The largest absolute Gasteiger partial charge is 0.461 e. The molecule has 0 amide bonds. The quantitative estimate of drug-likeness (QED) is 0.576. The Bertz CT molecular complexity index is 323. The monoisotopic (exact) mass is 298 g/mol. The van der Waals surface area contributed by atoms with Crippen LogP contribution in [0.15, 0.2) is 0 Å². The summed E-state index contributed by atoms with van der Waals surface area (Å²) in [6, 6.07) is 0. The van der Waals surface area contributed by atoms with Crippen molar-refractivity contribution in [2.45, 2.75) is 36.7 Å². The topological polar surface area (TPSA) is 43.4 Å². The van der Waals surface area contributed by atoms with Crippen molar-refractivity contribution in [3.63, 3.8) is 0 Å². The van der Waals surface area contributed by atoms with Gasteiger partial charge in [0.25, 0.3) is 0 Å². The molecule has 104 valence electrons. The van der Waals surface area contributed by atoms with Crippen molar-refractivity contribution >= 4 is 35.3 Å². The summed E-state index contributed by atoms with van der Waals surface area (Å²) in [5.41, 5.74) is 0. The normalized spacial score (nSPS) is 24.7. The zero-order valence-electron chi connectivity index (χ0n) is 10.3. The van der Waals surface area contributed by atoms with E-state index in [9.17, 15) is 18.4 Å². The third-order valence-electron chi connectivity index (χ3n) is 2.55. The number of halogens is 2. The number of hydrogen-bond donors (Lipinski definition) is 0. The lowest BCUT2D eigenvalue weighted by Crippen LogP contribution is -2.48. The predicted octanol–water partition coefficient (Wildman–Crippen LogP) is 2.38. The Hall–Kier alpha value is -0.300. The van der Waals surface area contributed by atoms with E-state index in [1.165, 1.54) is 30.4 Å². The number of Topliss-reactive ketones (excluding diaryl/α,β-unsaturated/α-hetero) is 1. The number of carbonyl (C=O) groups is 2. The molecule has 3 nitrogen and oxygen atoms in total. The highest BCUT2D eigenvalue weighted by Crippen LogP contribution is 2.37. The smallest absolute Gasteiger partial charge is 0.400 e. The Balaban J connectivity index is 2.80. The van der Waals surface area contributed by atoms with Gasteiger partial charge in [-0.15, -0.1) is 11.8 Å². The van der Waals surface area contributed by atoms with E-state index < -0.39 is 22.9 Å². The van der Waals surface area contributed by atoms with Gasteiger partial charge in [0.2, 0.25) is 5.78 Å². The third-order valence-corrected chi connectivity index (χ3v) is 5.80. The first kappa shape index (κ1) is 15.8. The number of rotatable bonds is 5. The van der Waals surface area contributed by atoms with Gasteiger partial charge < -0.3 is 4.74 Å². The highest BCUT2D eigenvalue weighted by molar-refractivity contribution is 8.07. The molecule has 1 rings (SSSR count). The van der Waals surface area contributed by atoms with Crippen molar-refractivity contribution in [3.8, 4) is 0 Å². The molecule has 2 unspecified atom stereocenters. The maximum atomic E-state index is 13.6. The van der Waals surface area contributed by atoms with Gasteiger partial charge in [0.05, 0.1) is 11.9 Å². The van der Waals surface area contributed by atoms with E-state index in [0.717, 1.165) is 5.75 Å². The molecule has 1 heterocycles. The molecule has 0 N–H and O–H groups in total. The van der Waals surface area contributed by atoms with Crippen LogP contribution in [0.3, 0.4) is 0 Å². The number of alkyl halides is 2. The molecular weight excluding hydrogens is 282 g/mol. The fraction of sp³-hybridized carbons (Fsp3) is 0.818. The first-order valence-corrected chi connectivity index (χ1v) is 7.87. The number of hydrogen-bond acceptors (Lipinski definition) is 5. The van der Waals surface area contributed by atoms with Gasteiger partial charge in [-0.05, 0) is 13.3 Å². The van der Waals surface area contributed by atoms with Gasteiger partial charge in [0.1, 0.15) is 0 Å². The molecular formula is C11H16F2O3S2. The standard InChI is InChI=1S/C11H16F2O3S2/c1-3-7-8(18-6-5-17-7)9(14)11(12,13)10(15)16-4-2/h7-8H,3-6H2,1-2H3. The highest BCUT2D eigenvalue weighted by Gasteiger charge is 2.53. The molecule has 0 aromatic rings. The van der Waals surface area contributed by atoms with Crippen LogP contribution < -0.4 is 0 Å². The van der Waals surface area contributed by atoms with Crippen molar-refractivity contribution < 1.29 is 23.1 Å². The lowest BCUT2D eigenvalue weighted by molar-refractivity contribution is -0.176. The van der Waals surface area contributed by atoms with Gasteiger partial charge in [-0.25, -0.2) is 4.79 Å². The summed E-state index contributed by atoms with van der Waals surface area (Å²) < 4.78 is 31.6. The molecule has 0 aromatic heterocycles. The number of esters is 1. The minimum Gasteiger partial charge on any atom is -0.461 e. The first-order chi connectivity index (χ1) is 8.45. The Morgan fingerprint density at radius 1 is 1.28 bits per heavy atom. The molecule has 1 saturated heterocycles. The fourth-order valence-electron chi connectivity index (χ4n) is 1.65. The second-order valence-corrected chi connectivity index (χ2v) is 6.36. The minimum absolute atomic E-state index is 0.156. The van der Waals surface area contributed by atoms with Crippen LogP contribution in [-0.2, 0) is 14.3 Å². The van der Waals surface area contributed by atoms with E-state index >= 15 is 0 Å². The van der Waals surface area contributed by atoms with Crippen LogP contribution >= 0.6 is 23.5 Å². The number of ketones is 1. The van der Waals surface area contributed by atoms with Crippen LogP contribution in [0.4, 0.5) is 8.78 Å². The Morgan fingerprint density at radius 3 is 2.44 bits per heavy atom. The summed E-state index contributed by atoms with van der Waals surface area (Å²) in [5, 5.41) is -0.982. The zero-order valence-corrected chi connectivity index (χ0v) is 11.9. The average Bonchev–Trinajstić information content (AvgIpc) is 2.38. The molecule has 0 saturated carbocycles. The molecule has 0 aliphatic carbocycles. The van der Waals surface area contributed by atoms with Gasteiger partial charge in [-0.1, -0.05) is 6.92 Å². The van der Waals surface area contributed by atoms with E-state index in [0.29, 0.717) is 12.2 Å². The number of ether oxygens (including phenoxy) is 1. The summed E-state index contributed by atoms with van der Waals surface area (Å²) in [6.45, 7) is 3.12. The van der Waals surface area contributed by atoms with Crippen LogP contribution in [0.5, 0.6) is 0 Å². The van der Waals surface area contributed by atoms with Crippen LogP contribution in [0.1, 0.15) is 20.3 Å². The third kappa shape index (κ3) is 3.38. The number of carbonyl (C=O) groups excluding carboxylic acids is 2. The molecule has 1 fully saturated rings. The van der Waals surface area contributed by atoms with Gasteiger partial charge in [0, 0.05) is 16.8 Å². The predicted molar refractivity (Wildman–Crippen MR) is 69.4 cm³/mol. The average molecular weight is 298 g/mol. The van der Waals surface area contributed by atoms with Gasteiger partial charge >= 0.3 is 11.9 Å². The van der Waals surface area contributed by atoms with Crippen LogP contribution in [0.25, 0.3) is 0 Å². The molecule has 1 aliphatic heterocycles. The molecule has 18 heavy (non-hydrogen) atoms. The molecule has 0 spiro atoms. The van der Waals surface area contributed by atoms with Crippen molar-refractivity contribution in [2.75, 3.05) is 18.1 Å². The fourth-order valence-corrected chi connectivity index (χ4v) is 4.69. The molecule has 0 aromatic carbocycles.